The van der Waals surface area contributed by atoms with E-state index >= 15 is 0 Å². The Bertz CT molecular complexity index is 534. The fourth-order valence-electron chi connectivity index (χ4n) is 3.27. The maximum Gasteiger partial charge on any atom is 0.416 e. The molecule has 1 atom stereocenters. The Morgan fingerprint density at radius 3 is 2.48 bits per heavy atom. The van der Waals surface area contributed by atoms with Gasteiger partial charge < -0.3 is 10.0 Å². The second kappa shape index (κ2) is 6.71. The van der Waals surface area contributed by atoms with Gasteiger partial charge in [0.2, 0.25) is 0 Å². The molecule has 23 heavy (non-hydrogen) atoms. The van der Waals surface area contributed by atoms with E-state index in [1.54, 1.807) is 6.07 Å². The number of anilines is 1. The van der Waals surface area contributed by atoms with Crippen LogP contribution in [0.2, 0.25) is 0 Å². The standard InChI is InChI=1S/C18H26F3NO/c1-17(2,3)15-7-6-14(18(19,20)21)11-16(15)22-9-8-13(12-22)5-4-10-23/h6-7,11,13,23H,4-5,8-10,12H2,1-3H3. The number of alkyl halides is 3. The Hall–Kier alpha value is -1.23. The predicted molar refractivity (Wildman–Crippen MR) is 86.8 cm³/mol. The zero-order chi connectivity index (χ0) is 17.3. The molecule has 130 valence electrons. The average molecular weight is 329 g/mol. The van der Waals surface area contributed by atoms with Crippen LogP contribution in [-0.2, 0) is 11.6 Å². The zero-order valence-corrected chi connectivity index (χ0v) is 14.1. The molecule has 1 unspecified atom stereocenters. The number of aliphatic hydroxyl groups excluding tert-OH is 1. The second-order valence-corrected chi connectivity index (χ2v) is 7.45. The van der Waals surface area contributed by atoms with Crippen LogP contribution in [0.1, 0.15) is 51.2 Å². The number of rotatable bonds is 4. The van der Waals surface area contributed by atoms with Gasteiger partial charge in [-0.05, 0) is 48.3 Å². The van der Waals surface area contributed by atoms with Gasteiger partial charge in [-0.25, -0.2) is 0 Å². The van der Waals surface area contributed by atoms with Gasteiger partial charge in [0.15, 0.2) is 0 Å². The molecule has 0 aromatic heterocycles. The van der Waals surface area contributed by atoms with Crippen molar-refractivity contribution in [1.82, 2.24) is 0 Å². The van der Waals surface area contributed by atoms with E-state index in [0.29, 0.717) is 11.6 Å². The van der Waals surface area contributed by atoms with Crippen LogP contribution >= 0.6 is 0 Å². The van der Waals surface area contributed by atoms with E-state index in [2.05, 4.69) is 4.90 Å². The van der Waals surface area contributed by atoms with E-state index in [9.17, 15) is 13.2 Å². The van der Waals surface area contributed by atoms with Crippen LogP contribution in [0, 0.1) is 5.92 Å². The van der Waals surface area contributed by atoms with Gasteiger partial charge in [0, 0.05) is 25.4 Å². The summed E-state index contributed by atoms with van der Waals surface area (Å²) >= 11 is 0. The maximum atomic E-state index is 13.1. The summed E-state index contributed by atoms with van der Waals surface area (Å²) in [7, 11) is 0. The minimum atomic E-state index is -4.32. The Morgan fingerprint density at radius 2 is 1.91 bits per heavy atom. The Kier molecular flexibility index (Phi) is 5.29. The van der Waals surface area contributed by atoms with Gasteiger partial charge >= 0.3 is 6.18 Å². The normalized spacial score (nSPS) is 19.4. The topological polar surface area (TPSA) is 23.5 Å². The molecule has 0 spiro atoms. The van der Waals surface area contributed by atoms with Gasteiger partial charge in [0.1, 0.15) is 0 Å². The van der Waals surface area contributed by atoms with Crippen LogP contribution in [0.4, 0.5) is 18.9 Å². The third kappa shape index (κ3) is 4.40. The summed E-state index contributed by atoms with van der Waals surface area (Å²) in [6.07, 6.45) is -1.66. The zero-order valence-electron chi connectivity index (χ0n) is 14.1. The summed E-state index contributed by atoms with van der Waals surface area (Å²) in [5, 5.41) is 8.95. The number of benzene rings is 1. The Balaban J connectivity index is 2.31. The lowest BCUT2D eigenvalue weighted by molar-refractivity contribution is -0.137. The van der Waals surface area contributed by atoms with E-state index in [-0.39, 0.29) is 12.0 Å². The quantitative estimate of drug-likeness (QED) is 0.872. The molecule has 1 saturated heterocycles. The molecule has 1 aromatic rings. The third-order valence-electron chi connectivity index (χ3n) is 4.53. The molecule has 1 aliphatic heterocycles. The molecule has 0 radical (unpaired) electrons. The van der Waals surface area contributed by atoms with Gasteiger partial charge in [-0.15, -0.1) is 0 Å². The number of aliphatic hydroxyl groups is 1. The fraction of sp³-hybridized carbons (Fsp3) is 0.667. The second-order valence-electron chi connectivity index (χ2n) is 7.45. The molecular formula is C18H26F3NO. The van der Waals surface area contributed by atoms with Gasteiger partial charge in [-0.1, -0.05) is 26.8 Å². The maximum absolute atomic E-state index is 13.1. The van der Waals surface area contributed by atoms with Crippen LogP contribution in [0.5, 0.6) is 0 Å². The van der Waals surface area contributed by atoms with Crippen molar-refractivity contribution in [1.29, 1.82) is 0 Å². The molecule has 5 heteroatoms. The number of hydrogen-bond donors (Lipinski definition) is 1. The monoisotopic (exact) mass is 329 g/mol. The molecule has 2 rings (SSSR count). The highest BCUT2D eigenvalue weighted by atomic mass is 19.4. The van der Waals surface area contributed by atoms with E-state index in [1.807, 2.05) is 20.8 Å². The first kappa shape index (κ1) is 18.1. The molecule has 1 fully saturated rings. The average Bonchev–Trinajstić information content (AvgIpc) is 2.91. The summed E-state index contributed by atoms with van der Waals surface area (Å²) < 4.78 is 39.2. The van der Waals surface area contributed by atoms with Crippen molar-refractivity contribution in [2.24, 2.45) is 5.92 Å². The minimum Gasteiger partial charge on any atom is -0.396 e. The van der Waals surface area contributed by atoms with E-state index in [4.69, 9.17) is 5.11 Å². The van der Waals surface area contributed by atoms with Gasteiger partial charge in [-0.2, -0.15) is 13.2 Å². The van der Waals surface area contributed by atoms with Gasteiger partial charge in [0.25, 0.3) is 0 Å². The first-order valence-electron chi connectivity index (χ1n) is 8.20. The van der Waals surface area contributed by atoms with Gasteiger partial charge in [0.05, 0.1) is 5.56 Å². The summed E-state index contributed by atoms with van der Waals surface area (Å²) in [5.74, 6) is 0.449. The Labute approximate surface area is 136 Å². The lowest BCUT2D eigenvalue weighted by atomic mass is 9.84. The fourth-order valence-corrected chi connectivity index (χ4v) is 3.27. The highest BCUT2D eigenvalue weighted by molar-refractivity contribution is 5.59. The van der Waals surface area contributed by atoms with Crippen molar-refractivity contribution in [2.75, 3.05) is 24.6 Å². The molecule has 0 amide bonds. The van der Waals surface area contributed by atoms with Crippen LogP contribution in [-0.4, -0.2) is 24.8 Å². The highest BCUT2D eigenvalue weighted by Gasteiger charge is 2.34. The number of nitrogens with zero attached hydrogens (tertiary/aromatic N) is 1. The molecule has 2 nitrogen and oxygen atoms in total. The van der Waals surface area contributed by atoms with E-state index < -0.39 is 11.7 Å². The van der Waals surface area contributed by atoms with Crippen molar-refractivity contribution in [3.8, 4) is 0 Å². The summed E-state index contributed by atoms with van der Waals surface area (Å²) in [4.78, 5) is 2.08. The predicted octanol–water partition coefficient (Wildman–Crippen LogP) is 4.60. The lowest BCUT2D eigenvalue weighted by Gasteiger charge is -2.30. The third-order valence-corrected chi connectivity index (χ3v) is 4.53. The molecule has 0 bridgehead atoms. The lowest BCUT2D eigenvalue weighted by Crippen LogP contribution is -2.25. The van der Waals surface area contributed by atoms with Crippen molar-refractivity contribution in [2.45, 2.75) is 51.6 Å². The SMILES string of the molecule is CC(C)(C)c1ccc(C(F)(F)F)cc1N1CCC(CCCO)C1. The highest BCUT2D eigenvalue weighted by Crippen LogP contribution is 2.39. The van der Waals surface area contributed by atoms with E-state index in [0.717, 1.165) is 37.9 Å². The van der Waals surface area contributed by atoms with Crippen molar-refractivity contribution in [3.05, 3.63) is 29.3 Å². The Morgan fingerprint density at radius 1 is 1.22 bits per heavy atom. The molecule has 0 saturated carbocycles. The smallest absolute Gasteiger partial charge is 0.396 e. The van der Waals surface area contributed by atoms with Crippen molar-refractivity contribution in [3.63, 3.8) is 0 Å². The van der Waals surface area contributed by atoms with Crippen LogP contribution in [0.25, 0.3) is 0 Å². The first-order valence-corrected chi connectivity index (χ1v) is 8.20. The van der Waals surface area contributed by atoms with Crippen LogP contribution in [0.3, 0.4) is 0 Å². The molecular weight excluding hydrogens is 303 g/mol. The van der Waals surface area contributed by atoms with E-state index in [1.165, 1.54) is 12.1 Å². The summed E-state index contributed by atoms with van der Waals surface area (Å²) in [6.45, 7) is 7.80. The molecule has 1 N–H and O–H groups in total. The molecule has 1 heterocycles. The number of hydrogen-bond acceptors (Lipinski definition) is 2. The van der Waals surface area contributed by atoms with Crippen molar-refractivity contribution < 1.29 is 18.3 Å². The number of halogens is 3. The van der Waals surface area contributed by atoms with Crippen molar-refractivity contribution >= 4 is 5.69 Å². The molecule has 1 aromatic carbocycles. The summed E-state index contributed by atoms with van der Waals surface area (Å²) in [6, 6.07) is 4.11. The molecule has 0 aliphatic carbocycles. The largest absolute Gasteiger partial charge is 0.416 e. The van der Waals surface area contributed by atoms with Crippen LogP contribution < -0.4 is 4.90 Å². The summed E-state index contributed by atoms with van der Waals surface area (Å²) in [5.41, 5.74) is 0.870. The minimum absolute atomic E-state index is 0.174. The van der Waals surface area contributed by atoms with Gasteiger partial charge in [-0.3, -0.25) is 0 Å². The van der Waals surface area contributed by atoms with Crippen LogP contribution in [0.15, 0.2) is 18.2 Å². The molecule has 1 aliphatic rings. The first-order chi connectivity index (χ1) is 10.6.